The number of benzene rings is 4. The van der Waals surface area contributed by atoms with Crippen molar-refractivity contribution < 1.29 is 4.42 Å². The molecule has 0 N–H and O–H groups in total. The van der Waals surface area contributed by atoms with Gasteiger partial charge in [-0.05, 0) is 187 Å². The summed E-state index contributed by atoms with van der Waals surface area (Å²) in [5.41, 5.74) is 13.1. The van der Waals surface area contributed by atoms with E-state index < -0.39 is 0 Å². The maximum Gasteiger partial charge on any atom is 0.136 e. The van der Waals surface area contributed by atoms with Gasteiger partial charge in [0.2, 0.25) is 0 Å². The molecular weight excluding hydrogens is 653 g/mol. The van der Waals surface area contributed by atoms with E-state index in [1.807, 2.05) is 0 Å². The third-order valence-corrected chi connectivity index (χ3v) is 16.5. The first-order valence-electron chi connectivity index (χ1n) is 21.9. The number of furan rings is 1. The van der Waals surface area contributed by atoms with E-state index in [4.69, 9.17) is 4.42 Å². The maximum atomic E-state index is 6.38. The summed E-state index contributed by atoms with van der Waals surface area (Å²) in [5.74, 6) is 8.50. The van der Waals surface area contributed by atoms with Gasteiger partial charge in [-0.2, -0.15) is 0 Å². The molecule has 0 bridgehead atoms. The van der Waals surface area contributed by atoms with Crippen molar-refractivity contribution in [1.82, 2.24) is 0 Å². The van der Waals surface area contributed by atoms with Gasteiger partial charge in [-0.1, -0.05) is 109 Å². The minimum atomic E-state index is 0.650. The fraction of sp³-hybridized carbons (Fsp3) is 0.434. The van der Waals surface area contributed by atoms with Gasteiger partial charge in [0.1, 0.15) is 11.2 Å². The molecule has 0 amide bonds. The molecule has 3 saturated carbocycles. The molecule has 1 nitrogen and oxygen atoms in total. The molecule has 1 heterocycles. The Morgan fingerprint density at radius 2 is 1.37 bits per heavy atom. The summed E-state index contributed by atoms with van der Waals surface area (Å²) in [7, 11) is 0. The predicted octanol–water partition coefficient (Wildman–Crippen LogP) is 14.1. The fourth-order valence-electron chi connectivity index (χ4n) is 14.1. The molecule has 0 radical (unpaired) electrons. The lowest BCUT2D eigenvalue weighted by Gasteiger charge is -2.43. The lowest BCUT2D eigenvalue weighted by Crippen LogP contribution is -2.32. The number of hydrogen-bond donors (Lipinski definition) is 0. The summed E-state index contributed by atoms with van der Waals surface area (Å²) in [6.07, 6.45) is 29.5. The topological polar surface area (TPSA) is 13.1 Å². The summed E-state index contributed by atoms with van der Waals surface area (Å²) in [5, 5.41) is 2.43. The Labute approximate surface area is 321 Å². The third-order valence-electron chi connectivity index (χ3n) is 16.5. The lowest BCUT2D eigenvalue weighted by atomic mass is 9.61. The molecule has 7 aliphatic carbocycles. The number of hydrogen-bond acceptors (Lipinski definition) is 1. The number of allylic oxidation sites excluding steroid dienone is 6. The summed E-state index contributed by atoms with van der Waals surface area (Å²) in [4.78, 5) is 0. The van der Waals surface area contributed by atoms with Gasteiger partial charge in [-0.25, -0.2) is 0 Å². The molecule has 12 rings (SSSR count). The molecule has 5 aromatic rings. The molecule has 0 saturated heterocycles. The second-order valence-corrected chi connectivity index (χ2v) is 18.9. The van der Waals surface area contributed by atoms with Gasteiger partial charge in [0.15, 0.2) is 0 Å². The van der Waals surface area contributed by atoms with E-state index in [1.165, 1.54) is 98.9 Å². The third kappa shape index (κ3) is 5.09. The molecule has 54 heavy (non-hydrogen) atoms. The van der Waals surface area contributed by atoms with Crippen LogP contribution in [0.1, 0.15) is 111 Å². The molecule has 3 fully saturated rings. The zero-order valence-corrected chi connectivity index (χ0v) is 31.7. The zero-order valence-electron chi connectivity index (χ0n) is 31.7. The van der Waals surface area contributed by atoms with Gasteiger partial charge in [-0.3, -0.25) is 0 Å². The second-order valence-electron chi connectivity index (χ2n) is 18.9. The molecule has 1 heteroatoms. The highest BCUT2D eigenvalue weighted by molar-refractivity contribution is 6.05. The Bertz CT molecular complexity index is 2350. The summed E-state index contributed by atoms with van der Waals surface area (Å²) in [6, 6.07) is 32.5. The van der Waals surface area contributed by atoms with Crippen LogP contribution >= 0.6 is 0 Å². The van der Waals surface area contributed by atoms with Crippen LogP contribution in [0.15, 0.2) is 125 Å². The highest BCUT2D eigenvalue weighted by Crippen LogP contribution is 2.61. The highest BCUT2D eigenvalue weighted by atomic mass is 16.3. The minimum Gasteiger partial charge on any atom is -0.456 e. The Morgan fingerprint density at radius 1 is 0.519 bits per heavy atom. The Hall–Kier alpha value is -4.10. The van der Waals surface area contributed by atoms with Crippen molar-refractivity contribution in [1.29, 1.82) is 0 Å². The molecule has 7 aliphatic rings. The van der Waals surface area contributed by atoms with Crippen LogP contribution < -0.4 is 0 Å². The first-order valence-corrected chi connectivity index (χ1v) is 21.9. The quantitative estimate of drug-likeness (QED) is 0.170. The van der Waals surface area contributed by atoms with Gasteiger partial charge in [0.25, 0.3) is 0 Å². The molecule has 11 unspecified atom stereocenters. The Balaban J connectivity index is 0.862. The van der Waals surface area contributed by atoms with Crippen molar-refractivity contribution in [3.05, 3.63) is 143 Å². The lowest BCUT2D eigenvalue weighted by molar-refractivity contribution is 0.112. The van der Waals surface area contributed by atoms with E-state index >= 15 is 0 Å². The highest BCUT2D eigenvalue weighted by Gasteiger charge is 2.49. The van der Waals surface area contributed by atoms with Crippen LogP contribution in [0, 0.1) is 47.3 Å². The average Bonchev–Trinajstić information content (AvgIpc) is 4.01. The molecule has 1 aromatic heterocycles. The number of rotatable bonds is 4. The summed E-state index contributed by atoms with van der Waals surface area (Å²) < 4.78 is 6.38. The predicted molar refractivity (Wildman–Crippen MR) is 223 cm³/mol. The van der Waals surface area contributed by atoms with Crippen molar-refractivity contribution >= 4 is 21.9 Å². The molecule has 4 aromatic carbocycles. The van der Waals surface area contributed by atoms with Gasteiger partial charge in [0, 0.05) is 10.8 Å². The van der Waals surface area contributed by atoms with Crippen LogP contribution in [0.4, 0.5) is 0 Å². The Morgan fingerprint density at radius 3 is 2.33 bits per heavy atom. The van der Waals surface area contributed by atoms with Gasteiger partial charge in [-0.15, -0.1) is 0 Å². The van der Waals surface area contributed by atoms with Crippen molar-refractivity contribution in [2.75, 3.05) is 0 Å². The van der Waals surface area contributed by atoms with Gasteiger partial charge >= 0.3 is 0 Å². The average molecular weight is 707 g/mol. The molecule has 11 atom stereocenters. The van der Waals surface area contributed by atoms with Crippen molar-refractivity contribution in [2.45, 2.75) is 94.8 Å². The SMILES string of the molecule is C1=CC2CCCC2C(C2C=CC(C3c4ccc(-c5ccc6c(c5)oc5ccccc56)cc4C4CC(C5CCC6c7ccccc7CC6C5)CCC43)CC2)=C1. The van der Waals surface area contributed by atoms with E-state index in [0.29, 0.717) is 23.7 Å². The summed E-state index contributed by atoms with van der Waals surface area (Å²) in [6.45, 7) is 0. The minimum absolute atomic E-state index is 0.650. The first kappa shape index (κ1) is 32.2. The summed E-state index contributed by atoms with van der Waals surface area (Å²) >= 11 is 0. The molecule has 0 aliphatic heterocycles. The van der Waals surface area contributed by atoms with Crippen molar-refractivity contribution in [3.63, 3.8) is 0 Å². The smallest absolute Gasteiger partial charge is 0.136 e. The second kappa shape index (κ2) is 12.7. The van der Waals surface area contributed by atoms with E-state index in [2.05, 4.69) is 115 Å². The van der Waals surface area contributed by atoms with Crippen LogP contribution in [0.5, 0.6) is 0 Å². The van der Waals surface area contributed by atoms with Crippen LogP contribution in [0.2, 0.25) is 0 Å². The van der Waals surface area contributed by atoms with Gasteiger partial charge in [0.05, 0.1) is 0 Å². The standard InChI is InChI=1S/C53H54O/c1-2-10-43-39(7-1)28-40-27-35(19-23-44(40)43)36-21-25-47-49(29-36)50-30-37(38-20-24-46-45-11-3-4-14-51(45)54-52(46)31-38)22-26-48(50)53(47)34-17-15-33(16-18-34)42-13-6-9-32-8-5-12-41(32)42/h1-4,6-7,9-11,13-15,17,20,22,24,26,30-36,40-41,44,47,49,53H,5,8,12,16,18-19,21,23,25,27-29H2. The van der Waals surface area contributed by atoms with E-state index in [0.717, 1.165) is 52.6 Å². The van der Waals surface area contributed by atoms with Gasteiger partial charge < -0.3 is 4.42 Å². The normalized spacial score (nSPS) is 35.0. The molecular formula is C53H54O. The van der Waals surface area contributed by atoms with E-state index in [9.17, 15) is 0 Å². The van der Waals surface area contributed by atoms with Crippen LogP contribution in [-0.2, 0) is 6.42 Å². The van der Waals surface area contributed by atoms with E-state index in [-0.39, 0.29) is 0 Å². The van der Waals surface area contributed by atoms with Crippen LogP contribution in [0.25, 0.3) is 33.1 Å². The van der Waals surface area contributed by atoms with Crippen LogP contribution in [-0.4, -0.2) is 0 Å². The number of para-hydroxylation sites is 1. The maximum absolute atomic E-state index is 6.38. The van der Waals surface area contributed by atoms with Crippen molar-refractivity contribution in [2.24, 2.45) is 47.3 Å². The molecule has 272 valence electrons. The fourth-order valence-corrected chi connectivity index (χ4v) is 14.1. The zero-order chi connectivity index (χ0) is 35.3. The number of fused-ring (bicyclic) bond motifs is 10. The van der Waals surface area contributed by atoms with Crippen molar-refractivity contribution in [3.8, 4) is 11.1 Å². The van der Waals surface area contributed by atoms with Crippen LogP contribution in [0.3, 0.4) is 0 Å². The monoisotopic (exact) mass is 706 g/mol. The Kier molecular flexibility index (Phi) is 7.58. The largest absolute Gasteiger partial charge is 0.456 e. The molecule has 0 spiro atoms. The first-order chi connectivity index (χ1) is 26.7. The van der Waals surface area contributed by atoms with E-state index in [1.54, 1.807) is 27.8 Å².